The fourth-order valence-corrected chi connectivity index (χ4v) is 0.789. The molecule has 0 radical (unpaired) electrons. The van der Waals surface area contributed by atoms with Crippen molar-refractivity contribution in [3.8, 4) is 0 Å². The van der Waals surface area contributed by atoms with Gasteiger partial charge >= 0.3 is 64.9 Å². The fraction of sp³-hybridized carbons (Fsp3) is 0.571. The summed E-state index contributed by atoms with van der Waals surface area (Å²) in [7, 11) is 0. The molecule has 0 saturated carbocycles. The molecule has 0 aromatic heterocycles. The SMILES string of the molecule is CC(=NO)C(C)=C(C)C.CC(=O)C(C)=C(C)C.[I][V]([I])[I]. The van der Waals surface area contributed by atoms with Crippen LogP contribution in [-0.4, -0.2) is 16.7 Å². The van der Waals surface area contributed by atoms with Gasteiger partial charge in [0.2, 0.25) is 0 Å². The van der Waals surface area contributed by atoms with Crippen LogP contribution < -0.4 is 0 Å². The third-order valence-corrected chi connectivity index (χ3v) is 2.72. The van der Waals surface area contributed by atoms with E-state index in [1.807, 2.05) is 41.5 Å². The van der Waals surface area contributed by atoms with Crippen molar-refractivity contribution in [2.45, 2.75) is 55.4 Å². The Labute approximate surface area is 167 Å². The van der Waals surface area contributed by atoms with E-state index in [9.17, 15) is 4.79 Å². The van der Waals surface area contributed by atoms with E-state index in [1.54, 1.807) is 13.8 Å². The van der Waals surface area contributed by atoms with Crippen molar-refractivity contribution in [3.63, 3.8) is 0 Å². The molecule has 0 spiro atoms. The summed E-state index contributed by atoms with van der Waals surface area (Å²) in [5.74, 6) is 0.171. The van der Waals surface area contributed by atoms with E-state index in [1.165, 1.54) is 5.57 Å². The molecule has 0 rings (SSSR count). The van der Waals surface area contributed by atoms with Gasteiger partial charge in [-0.25, -0.2) is 0 Å². The molecule has 3 nitrogen and oxygen atoms in total. The molecule has 0 unspecified atom stereocenters. The van der Waals surface area contributed by atoms with E-state index in [0.29, 0.717) is 5.71 Å². The molecular formula is C14H25I3NO2V. The van der Waals surface area contributed by atoms with E-state index in [2.05, 4.69) is 65.1 Å². The van der Waals surface area contributed by atoms with Crippen LogP contribution in [0.1, 0.15) is 55.4 Å². The Balaban J connectivity index is -0.000000249. The van der Waals surface area contributed by atoms with Crippen LogP contribution in [-0.2, 0) is 9.72 Å². The van der Waals surface area contributed by atoms with Crippen LogP contribution in [0.5, 0.6) is 0 Å². The van der Waals surface area contributed by atoms with E-state index < -0.39 is 0 Å². The molecule has 0 aliphatic rings. The average Bonchev–Trinajstić information content (AvgIpc) is 2.35. The first-order chi connectivity index (χ1) is 9.38. The first kappa shape index (κ1) is 27.3. The molecule has 0 saturated heterocycles. The number of oxime groups is 1. The maximum absolute atomic E-state index is 10.5. The summed E-state index contributed by atoms with van der Waals surface area (Å²) >= 11 is 7.39. The Morgan fingerprint density at radius 1 is 0.810 bits per heavy atom. The number of hydrogen-bond donors (Lipinski definition) is 1. The summed E-state index contributed by atoms with van der Waals surface area (Å²) in [4.78, 5) is 10.2. The average molecular weight is 671 g/mol. The molecule has 0 heterocycles. The number of carbonyl (C=O) groups excluding carboxylic acids is 1. The summed E-state index contributed by atoms with van der Waals surface area (Å²) in [6.07, 6.45) is 0. The number of carbonyl (C=O) groups is 1. The molecule has 0 bridgehead atoms. The van der Waals surface area contributed by atoms with Gasteiger partial charge in [0.05, 0.1) is 5.71 Å². The van der Waals surface area contributed by atoms with Gasteiger partial charge in [0.15, 0.2) is 5.78 Å². The number of Topliss-reactive ketones (excluding diaryl/α,β-unsaturated/α-hetero) is 1. The van der Waals surface area contributed by atoms with Crippen molar-refractivity contribution in [2.75, 3.05) is 0 Å². The Hall–Kier alpha value is 1.39. The summed E-state index contributed by atoms with van der Waals surface area (Å²) in [6, 6.07) is 0. The first-order valence-electron chi connectivity index (χ1n) is 6.13. The molecule has 1 N–H and O–H groups in total. The van der Waals surface area contributed by atoms with Gasteiger partial charge in [0.25, 0.3) is 0 Å². The molecule has 0 aromatic carbocycles. The number of ketones is 1. The first-order valence-corrected chi connectivity index (χ1v) is 19.7. The molecular weight excluding hydrogens is 646 g/mol. The number of rotatable bonds is 2. The van der Waals surface area contributed by atoms with Crippen molar-refractivity contribution < 1.29 is 14.9 Å². The topological polar surface area (TPSA) is 49.7 Å². The van der Waals surface area contributed by atoms with Gasteiger partial charge in [-0.15, -0.1) is 0 Å². The Bertz CT molecular complexity index is 406. The predicted molar refractivity (Wildman–Crippen MR) is 116 cm³/mol. The zero-order valence-electron chi connectivity index (χ0n) is 13.9. The van der Waals surface area contributed by atoms with E-state index in [-0.39, 0.29) is 10.7 Å². The molecule has 0 fully saturated rings. The Kier molecular flexibility index (Phi) is 21.1. The van der Waals surface area contributed by atoms with Crippen molar-refractivity contribution in [3.05, 3.63) is 22.3 Å². The van der Waals surface area contributed by atoms with Crippen LogP contribution in [0, 0.1) is 0 Å². The monoisotopic (exact) mass is 671 g/mol. The van der Waals surface area contributed by atoms with Gasteiger partial charge in [-0.2, -0.15) is 0 Å². The minimum absolute atomic E-state index is 0.171. The molecule has 0 aromatic rings. The van der Waals surface area contributed by atoms with Crippen molar-refractivity contribution in [1.29, 1.82) is 0 Å². The van der Waals surface area contributed by atoms with E-state index >= 15 is 0 Å². The van der Waals surface area contributed by atoms with Gasteiger partial charge in [-0.05, 0) is 66.5 Å². The molecule has 0 amide bonds. The number of halogens is 3. The van der Waals surface area contributed by atoms with Gasteiger partial charge in [0.1, 0.15) is 0 Å². The molecule has 0 atom stereocenters. The second-order valence-corrected chi connectivity index (χ2v) is 40.1. The van der Waals surface area contributed by atoms with Crippen LogP contribution in [0.25, 0.3) is 0 Å². The predicted octanol–water partition coefficient (Wildman–Crippen LogP) is 6.78. The third-order valence-electron chi connectivity index (χ3n) is 2.72. The summed E-state index contributed by atoms with van der Waals surface area (Å²) < 4.78 is 0. The number of nitrogens with zero attached hydrogens (tertiary/aromatic N) is 1. The standard InChI is InChI=1S/C7H13NO.C7H12O.3HI.V/c1-5(2)6(3)7(4)8-9;1-5(2)6(3)7(4)8;;;;/h9H,1-4H3;1-4H3;3*1H;/q;;;;;+3/p-3. The van der Waals surface area contributed by atoms with Gasteiger partial charge in [-0.3, -0.25) is 4.79 Å². The summed E-state index contributed by atoms with van der Waals surface area (Å²) in [5.41, 5.74) is 4.92. The van der Waals surface area contributed by atoms with E-state index in [0.717, 1.165) is 16.7 Å². The van der Waals surface area contributed by atoms with Crippen LogP contribution in [0.15, 0.2) is 27.4 Å². The summed E-state index contributed by atoms with van der Waals surface area (Å²) in [5, 5.41) is 11.4. The summed E-state index contributed by atoms with van der Waals surface area (Å²) in [6.45, 7) is 15.0. The van der Waals surface area contributed by atoms with Crippen molar-refractivity contribution in [2.24, 2.45) is 5.16 Å². The number of allylic oxidation sites excluding steroid dienone is 4. The van der Waals surface area contributed by atoms with Gasteiger partial charge in [-0.1, -0.05) is 16.3 Å². The van der Waals surface area contributed by atoms with Crippen LogP contribution in [0.3, 0.4) is 0 Å². The second-order valence-electron chi connectivity index (χ2n) is 4.68. The van der Waals surface area contributed by atoms with Gasteiger partial charge < -0.3 is 5.21 Å². The molecule has 124 valence electrons. The molecule has 7 heteroatoms. The minimum atomic E-state index is -0.278. The van der Waals surface area contributed by atoms with Crippen LogP contribution >= 0.6 is 59.9 Å². The Morgan fingerprint density at radius 3 is 1.14 bits per heavy atom. The van der Waals surface area contributed by atoms with Crippen LogP contribution in [0.4, 0.5) is 0 Å². The maximum atomic E-state index is 10.5. The zero-order chi connectivity index (χ0) is 17.7. The second kappa shape index (κ2) is 16.3. The normalized spacial score (nSPS) is 9.81. The van der Waals surface area contributed by atoms with Crippen molar-refractivity contribution >= 4 is 71.4 Å². The van der Waals surface area contributed by atoms with Gasteiger partial charge in [0, 0.05) is 0 Å². The van der Waals surface area contributed by atoms with Crippen molar-refractivity contribution in [1.82, 2.24) is 0 Å². The fourth-order valence-electron chi connectivity index (χ4n) is 0.789. The quantitative estimate of drug-likeness (QED) is 0.116. The number of hydrogen-bond acceptors (Lipinski definition) is 3. The van der Waals surface area contributed by atoms with E-state index in [4.69, 9.17) is 5.21 Å². The molecule has 0 aliphatic heterocycles. The molecule has 0 aliphatic carbocycles. The third kappa shape index (κ3) is 21.4. The molecule has 21 heavy (non-hydrogen) atoms. The Morgan fingerprint density at radius 2 is 1.10 bits per heavy atom. The van der Waals surface area contributed by atoms with Crippen LogP contribution in [0.2, 0.25) is 0 Å². The zero-order valence-corrected chi connectivity index (χ0v) is 21.8.